The summed E-state index contributed by atoms with van der Waals surface area (Å²) in [5.41, 5.74) is 63.2. The van der Waals surface area contributed by atoms with E-state index in [1.54, 1.807) is 116 Å². The van der Waals surface area contributed by atoms with E-state index in [0.717, 1.165) is 23.7 Å². The number of nitrogens with two attached hydrogens (primary N) is 10. The molecule has 34 nitrogen and oxygen atoms in total. The summed E-state index contributed by atoms with van der Waals surface area (Å²) in [5, 5.41) is 25.7. The van der Waals surface area contributed by atoms with Crippen molar-refractivity contribution in [3.8, 4) is 6.07 Å². The summed E-state index contributed by atoms with van der Waals surface area (Å²) in [7, 11) is 0. The molecular weight excluding hydrogens is 1760 g/mol. The first-order valence-corrected chi connectivity index (χ1v) is 38.1. The topological polar surface area (TPSA) is 598 Å². The fraction of sp³-hybridized carbons (Fsp3) is 0.108. The molecule has 37 heteroatoms. The minimum atomic E-state index is -0.520. The van der Waals surface area contributed by atoms with Crippen LogP contribution in [0.15, 0.2) is 170 Å². The smallest absolute Gasteiger partial charge is 0.338 e. The van der Waals surface area contributed by atoms with E-state index in [4.69, 9.17) is 72.1 Å². The molecule has 0 aliphatic rings. The second-order valence-corrected chi connectivity index (χ2v) is 23.8. The van der Waals surface area contributed by atoms with Gasteiger partial charge in [0.1, 0.15) is 66.5 Å². The molecule has 0 saturated carbocycles. The van der Waals surface area contributed by atoms with Crippen molar-refractivity contribution in [2.75, 3.05) is 62.7 Å². The van der Waals surface area contributed by atoms with E-state index in [0.29, 0.717) is 117 Å². The predicted molar refractivity (Wildman–Crippen MR) is 458 cm³/mol. The number of hydrogen-bond donors (Lipinski definition) is 11. The van der Waals surface area contributed by atoms with Gasteiger partial charge in [-0.15, -0.1) is 24.0 Å². The number of carbonyl (C=O) groups is 5. The summed E-state index contributed by atoms with van der Waals surface area (Å²) in [6.07, 6.45) is 1.50. The Morgan fingerprint density at radius 1 is 0.468 bits per heavy atom. The van der Waals surface area contributed by atoms with Gasteiger partial charge in [0.25, 0.3) is 5.69 Å². The Bertz CT molecular complexity index is 5790. The molecule has 568 valence electrons. The van der Waals surface area contributed by atoms with Crippen molar-refractivity contribution in [3.63, 3.8) is 0 Å². The van der Waals surface area contributed by atoms with Gasteiger partial charge >= 0.3 is 11.9 Å². The number of rotatable bonds is 10. The summed E-state index contributed by atoms with van der Waals surface area (Å²) < 4.78 is 10.6. The molecule has 0 radical (unpaired) electrons. The molecule has 0 bridgehead atoms. The van der Waals surface area contributed by atoms with Crippen LogP contribution in [0.3, 0.4) is 0 Å². The highest BCUT2D eigenvalue weighted by Crippen LogP contribution is 2.28. The number of carbonyl (C=O) groups excluding carboxylic acids is 5. The molecule has 111 heavy (non-hydrogen) atoms. The SMILES string of the molecule is C.Cc1nc(NC(=O)C(C)(C)C)c2cc(C=O)ccc2n1.I.II.N#Cc1ccc2nc(N)nc(N)c2c1.Nc1nc(N)c2cc(C(=O)OCc3ccccc3)ccc2n1.Nc1nc(N)c2cc(C=O)ccc2n1.Nc1nc(N)c2cc(COC(=O)c3ccccc3)ccc2n1.Nc1nc(N)c2cc([N+](=O)[O-])ccc2n1. The monoisotopic (exact) mass is 1840 g/mol. The minimum absolute atomic E-state index is 0. The average molecular weight is 1840 g/mol. The predicted octanol–water partition coefficient (Wildman–Crippen LogP) is 12.0. The Hall–Kier alpha value is -13.4. The second-order valence-electron chi connectivity index (χ2n) is 23.8. The highest BCUT2D eigenvalue weighted by atomic mass is 128. The lowest BCUT2D eigenvalue weighted by Crippen LogP contribution is -2.28. The van der Waals surface area contributed by atoms with Crippen LogP contribution in [0.25, 0.3) is 65.4 Å². The third-order valence-electron chi connectivity index (χ3n) is 15.0. The zero-order chi connectivity index (χ0) is 79.2. The molecule has 0 atom stereocenters. The number of hydrogen-bond acceptors (Lipinski definition) is 32. The molecule has 1 amide bonds. The van der Waals surface area contributed by atoms with Gasteiger partial charge in [0.15, 0.2) is 0 Å². The number of aromatic nitrogens is 12. The van der Waals surface area contributed by atoms with Gasteiger partial charge in [-0.1, -0.05) is 82.8 Å². The Morgan fingerprint density at radius 3 is 1.31 bits per heavy atom. The third-order valence-corrected chi connectivity index (χ3v) is 15.0. The third kappa shape index (κ3) is 23.8. The van der Waals surface area contributed by atoms with Gasteiger partial charge < -0.3 is 72.1 Å². The van der Waals surface area contributed by atoms with Crippen LogP contribution in [-0.4, -0.2) is 95.1 Å². The number of esters is 2. The van der Waals surface area contributed by atoms with Gasteiger partial charge in [0.2, 0.25) is 35.6 Å². The number of nitriles is 1. The molecule has 6 aromatic heterocycles. The number of benzene rings is 8. The average Bonchev–Trinajstić information content (AvgIpc) is 0.851. The van der Waals surface area contributed by atoms with Crippen LogP contribution in [0.1, 0.15) is 92.1 Å². The number of nitrogens with zero attached hydrogens (tertiary/aromatic N) is 14. The van der Waals surface area contributed by atoms with Crippen molar-refractivity contribution in [1.82, 2.24) is 59.8 Å². The van der Waals surface area contributed by atoms with Crippen molar-refractivity contribution < 1.29 is 38.4 Å². The Morgan fingerprint density at radius 2 is 0.847 bits per heavy atom. The standard InChI is InChI=1S/2C16H14N4O2.C15H17N3O2.C9H7N5.C9H8N4O.C8H7N5O2.CH4.I2.HI/c17-14-12-8-10(6-7-13(12)19-16(18)20-14)9-22-15(21)11-4-2-1-3-5-11;17-14-12-8-11(6-7-13(12)19-16(18)20-14)15(21)22-9-10-4-2-1-3-5-10;1-9-16-12-6-5-10(8-19)7-11(12)13(17-9)18-14(20)15(2,3)4;10-4-5-1-2-7-6(3-5)8(11)14-9(12)13-7;10-8-6-3-5(4-14)1-2-7(6)12-9(11)13-8;9-7-5-3-4(13(14)15)1-2-6(5)11-8(10)12-7;;1-2;/h2*1-8H,9H2,(H4,17,18,19,20);5-8H,1-4H3,(H,16,17,18,20);1-3H,(H4,11,12,13,14);1-4H,(H4,10,11,12,13);1-3H,(H4,9,10,11,12);1H4;;1H. The Labute approximate surface area is 672 Å². The van der Waals surface area contributed by atoms with Crippen LogP contribution in [0.2, 0.25) is 0 Å². The van der Waals surface area contributed by atoms with Crippen molar-refractivity contribution in [2.45, 2.75) is 48.3 Å². The normalized spacial score (nSPS) is 10.2. The lowest BCUT2D eigenvalue weighted by Gasteiger charge is -2.18. The lowest BCUT2D eigenvalue weighted by molar-refractivity contribution is -0.384. The summed E-state index contributed by atoms with van der Waals surface area (Å²) in [6, 6.07) is 49.9. The fourth-order valence-electron chi connectivity index (χ4n) is 9.72. The number of ether oxygens (including phenoxy) is 2. The van der Waals surface area contributed by atoms with E-state index in [2.05, 4.69) is 102 Å². The Kier molecular flexibility index (Phi) is 31.2. The number of nitrogen functional groups attached to an aromatic ring is 10. The number of fused-ring (bicyclic) bond motifs is 6. The van der Waals surface area contributed by atoms with E-state index < -0.39 is 16.3 Å². The molecule has 0 unspecified atom stereocenters. The fourth-order valence-corrected chi connectivity index (χ4v) is 9.72. The van der Waals surface area contributed by atoms with Crippen LogP contribution >= 0.6 is 61.2 Å². The summed E-state index contributed by atoms with van der Waals surface area (Å²) in [6.45, 7) is 7.61. The highest BCUT2D eigenvalue weighted by molar-refractivity contribution is 15.0. The van der Waals surface area contributed by atoms with E-state index in [-0.39, 0.29) is 109 Å². The molecule has 0 aliphatic heterocycles. The summed E-state index contributed by atoms with van der Waals surface area (Å²) in [5.74, 6) is 1.90. The van der Waals surface area contributed by atoms with Gasteiger partial charge in [-0.25, -0.2) is 44.5 Å². The minimum Gasteiger partial charge on any atom is -0.457 e. The van der Waals surface area contributed by atoms with Crippen LogP contribution < -0.4 is 62.7 Å². The van der Waals surface area contributed by atoms with Gasteiger partial charge in [-0.05, 0) is 121 Å². The van der Waals surface area contributed by atoms with E-state index in [9.17, 15) is 34.1 Å². The van der Waals surface area contributed by atoms with E-state index in [1.165, 1.54) is 18.2 Å². The van der Waals surface area contributed by atoms with Gasteiger partial charge in [0, 0.05) is 98.2 Å². The molecule has 0 fully saturated rings. The second kappa shape index (κ2) is 40.0. The Balaban J connectivity index is 0.000000208. The number of nitrogens with one attached hydrogen (secondary N) is 1. The number of aryl methyl sites for hydroxylation is 1. The summed E-state index contributed by atoms with van der Waals surface area (Å²) in [4.78, 5) is 115. The van der Waals surface area contributed by atoms with E-state index >= 15 is 0 Å². The summed E-state index contributed by atoms with van der Waals surface area (Å²) >= 11 is 4.24. The van der Waals surface area contributed by atoms with Crippen LogP contribution in [0, 0.1) is 33.8 Å². The van der Waals surface area contributed by atoms with Crippen LogP contribution in [0.4, 0.5) is 70.3 Å². The lowest BCUT2D eigenvalue weighted by atomic mass is 9.95. The first-order valence-electron chi connectivity index (χ1n) is 31.8. The van der Waals surface area contributed by atoms with Crippen molar-refractivity contribution >= 4 is 227 Å². The van der Waals surface area contributed by atoms with Crippen molar-refractivity contribution in [3.05, 3.63) is 225 Å². The molecule has 0 saturated heterocycles. The van der Waals surface area contributed by atoms with Crippen LogP contribution in [0.5, 0.6) is 0 Å². The maximum absolute atomic E-state index is 12.1. The number of nitro groups is 1. The number of anilines is 11. The first-order chi connectivity index (χ1) is 52.1. The molecular formula is C74H72I3N25O9. The quantitative estimate of drug-likeness (QED) is 0.0199. The number of aldehydes is 2. The zero-order valence-corrected chi connectivity index (χ0v) is 65.3. The molecule has 0 spiro atoms. The molecule has 21 N–H and O–H groups in total. The largest absolute Gasteiger partial charge is 0.457 e. The number of amides is 1. The maximum atomic E-state index is 12.1. The van der Waals surface area contributed by atoms with Gasteiger partial charge in [0.05, 0.1) is 60.8 Å². The van der Waals surface area contributed by atoms with Crippen molar-refractivity contribution in [1.29, 1.82) is 5.26 Å². The van der Waals surface area contributed by atoms with Gasteiger partial charge in [-0.3, -0.25) is 24.5 Å². The first kappa shape index (κ1) is 86.5. The van der Waals surface area contributed by atoms with Crippen LogP contribution in [-0.2, 0) is 27.5 Å². The maximum Gasteiger partial charge on any atom is 0.338 e. The molecule has 6 heterocycles. The van der Waals surface area contributed by atoms with Crippen molar-refractivity contribution in [2.24, 2.45) is 5.41 Å². The number of non-ortho nitro benzene ring substituents is 1. The molecule has 14 aromatic rings. The number of nitro benzene ring substituents is 1. The molecule has 0 aliphatic carbocycles. The number of halogens is 3. The molecule has 8 aromatic carbocycles. The highest BCUT2D eigenvalue weighted by Gasteiger charge is 2.23. The van der Waals surface area contributed by atoms with Gasteiger partial charge in [-0.2, -0.15) is 30.2 Å². The molecule has 14 rings (SSSR count). The zero-order valence-electron chi connectivity index (χ0n) is 58.6. The van der Waals surface area contributed by atoms with E-state index in [1.807, 2.05) is 69.3 Å².